The second kappa shape index (κ2) is 9.12. The molecule has 4 aromatic carbocycles. The van der Waals surface area contributed by atoms with Crippen LogP contribution in [0, 0.1) is 6.92 Å². The maximum atomic E-state index is 13.8. The van der Waals surface area contributed by atoms with Crippen molar-refractivity contribution in [3.8, 4) is 16.9 Å². The van der Waals surface area contributed by atoms with E-state index in [4.69, 9.17) is 33.0 Å². The van der Waals surface area contributed by atoms with Crippen molar-refractivity contribution >= 4 is 34.7 Å². The van der Waals surface area contributed by atoms with Crippen LogP contribution in [0.15, 0.2) is 96.1 Å². The number of carbonyl (C=O) groups is 1. The number of benzene rings is 4. The van der Waals surface area contributed by atoms with Gasteiger partial charge in [-0.25, -0.2) is 5.01 Å². The monoisotopic (exact) mass is 512 g/mol. The Bertz CT molecular complexity index is 1480. The van der Waals surface area contributed by atoms with Crippen molar-refractivity contribution in [2.45, 2.75) is 25.6 Å². The molecule has 2 aliphatic heterocycles. The quantitative estimate of drug-likeness (QED) is 0.263. The zero-order chi connectivity index (χ0) is 24.8. The van der Waals surface area contributed by atoms with E-state index in [1.54, 1.807) is 11.1 Å². The van der Waals surface area contributed by atoms with Gasteiger partial charge in [-0.05, 0) is 35.7 Å². The lowest BCUT2D eigenvalue weighted by Gasteiger charge is -2.37. The smallest absolute Gasteiger partial charge is 0.251 e. The van der Waals surface area contributed by atoms with Crippen LogP contribution in [0.2, 0.25) is 10.0 Å². The van der Waals surface area contributed by atoms with E-state index in [0.717, 1.165) is 28.0 Å². The third kappa shape index (κ3) is 4.06. The molecule has 0 aliphatic carbocycles. The normalized spacial score (nSPS) is 18.2. The van der Waals surface area contributed by atoms with Crippen LogP contribution in [0.4, 0.5) is 0 Å². The maximum Gasteiger partial charge on any atom is 0.251 e. The van der Waals surface area contributed by atoms with E-state index in [1.165, 1.54) is 5.56 Å². The molecule has 2 aliphatic rings. The zero-order valence-corrected chi connectivity index (χ0v) is 21.0. The number of ether oxygens (including phenoxy) is 1. The summed E-state index contributed by atoms with van der Waals surface area (Å²) >= 11 is 12.9. The second-order valence-electron chi connectivity index (χ2n) is 9.10. The van der Waals surface area contributed by atoms with Gasteiger partial charge in [-0.15, -0.1) is 0 Å². The van der Waals surface area contributed by atoms with Crippen molar-refractivity contribution < 1.29 is 9.53 Å². The molecule has 2 heterocycles. The number of hydrogen-bond donors (Lipinski definition) is 0. The Labute approximate surface area is 219 Å². The molecule has 0 N–H and O–H groups in total. The van der Waals surface area contributed by atoms with Crippen molar-refractivity contribution in [1.82, 2.24) is 5.01 Å². The van der Waals surface area contributed by atoms with E-state index < -0.39 is 6.23 Å². The van der Waals surface area contributed by atoms with E-state index >= 15 is 0 Å². The van der Waals surface area contributed by atoms with Crippen LogP contribution in [0.5, 0.6) is 5.75 Å². The van der Waals surface area contributed by atoms with E-state index in [1.807, 2.05) is 60.7 Å². The molecule has 0 saturated heterocycles. The Morgan fingerprint density at radius 3 is 2.28 bits per heavy atom. The highest BCUT2D eigenvalue weighted by Crippen LogP contribution is 2.47. The number of carbonyl (C=O) groups excluding carboxylic acids is 1. The summed E-state index contributed by atoms with van der Waals surface area (Å²) in [5, 5.41) is 7.55. The van der Waals surface area contributed by atoms with Gasteiger partial charge in [0.1, 0.15) is 5.75 Å². The van der Waals surface area contributed by atoms with E-state index in [-0.39, 0.29) is 11.8 Å². The summed E-state index contributed by atoms with van der Waals surface area (Å²) in [6.07, 6.45) is -0.320. The third-order valence-corrected chi connectivity index (χ3v) is 7.19. The van der Waals surface area contributed by atoms with Crippen LogP contribution in [-0.4, -0.2) is 22.7 Å². The fourth-order valence-corrected chi connectivity index (χ4v) is 5.36. The Morgan fingerprint density at radius 1 is 0.889 bits per heavy atom. The molecule has 4 nitrogen and oxygen atoms in total. The zero-order valence-electron chi connectivity index (χ0n) is 19.5. The molecule has 4 aromatic rings. The van der Waals surface area contributed by atoms with Gasteiger partial charge in [0.15, 0.2) is 0 Å². The van der Waals surface area contributed by atoms with Gasteiger partial charge in [-0.1, -0.05) is 108 Å². The molecule has 0 fully saturated rings. The van der Waals surface area contributed by atoms with Crippen molar-refractivity contribution in [1.29, 1.82) is 0 Å². The Balaban J connectivity index is 1.38. The fraction of sp³-hybridized carbons (Fsp3) is 0.133. The molecule has 0 spiro atoms. The van der Waals surface area contributed by atoms with Gasteiger partial charge in [0.25, 0.3) is 6.23 Å². The first-order chi connectivity index (χ1) is 17.5. The summed E-state index contributed by atoms with van der Waals surface area (Å²) in [4.78, 5) is 13.8. The van der Waals surface area contributed by atoms with Crippen molar-refractivity contribution in [2.24, 2.45) is 5.10 Å². The first-order valence-electron chi connectivity index (χ1n) is 11.8. The molecule has 0 saturated carbocycles. The lowest BCUT2D eigenvalue weighted by atomic mass is 9.95. The molecule has 6 rings (SSSR count). The number of nitrogens with zero attached hydrogens (tertiary/aromatic N) is 2. The molecule has 0 radical (unpaired) electrons. The van der Waals surface area contributed by atoms with E-state index in [9.17, 15) is 4.79 Å². The number of rotatable bonds is 4. The summed E-state index contributed by atoms with van der Waals surface area (Å²) in [7, 11) is 0. The number of ketones is 1. The van der Waals surface area contributed by atoms with Gasteiger partial charge in [0.05, 0.1) is 16.8 Å². The molecule has 2 atom stereocenters. The SMILES string of the molecule is Cc1ccc(C2=NN3[C@H](C2)c2cc(Cl)cc(Cl)c2O[C@H]3C(=O)c2ccc(-c3ccccc3)cc2)cc1. The Morgan fingerprint density at radius 2 is 1.56 bits per heavy atom. The standard InChI is InChI=1S/C30H22Cl2N2O2/c1-18-7-9-21(10-8-18)26-17-27-24-15-23(31)16-25(32)29(24)36-30(34(27)33-26)28(35)22-13-11-20(12-14-22)19-5-3-2-4-6-19/h2-16,27,30H,17H2,1H3/t27-,30+/m1/s1. The van der Waals surface area contributed by atoms with Gasteiger partial charge < -0.3 is 4.74 Å². The average molecular weight is 513 g/mol. The van der Waals surface area contributed by atoms with Gasteiger partial charge >= 0.3 is 0 Å². The molecule has 178 valence electrons. The summed E-state index contributed by atoms with van der Waals surface area (Å²) in [6.45, 7) is 2.05. The predicted molar refractivity (Wildman–Crippen MR) is 144 cm³/mol. The van der Waals surface area contributed by atoms with E-state index in [2.05, 4.69) is 31.2 Å². The highest BCUT2D eigenvalue weighted by atomic mass is 35.5. The summed E-state index contributed by atoms with van der Waals surface area (Å²) in [5.74, 6) is 0.312. The average Bonchev–Trinajstić information content (AvgIpc) is 3.35. The molecule has 0 bridgehead atoms. The van der Waals surface area contributed by atoms with Gasteiger partial charge in [-0.3, -0.25) is 4.79 Å². The number of halogens is 2. The minimum absolute atomic E-state index is 0.176. The van der Waals surface area contributed by atoms with Crippen LogP contribution < -0.4 is 4.74 Å². The van der Waals surface area contributed by atoms with Crippen LogP contribution >= 0.6 is 23.2 Å². The van der Waals surface area contributed by atoms with Gasteiger partial charge in [-0.2, -0.15) is 5.10 Å². The Kier molecular flexibility index (Phi) is 5.79. The highest BCUT2D eigenvalue weighted by Gasteiger charge is 2.44. The van der Waals surface area contributed by atoms with Gasteiger partial charge in [0, 0.05) is 22.6 Å². The predicted octanol–water partition coefficient (Wildman–Crippen LogP) is 7.72. The minimum Gasteiger partial charge on any atom is -0.459 e. The number of fused-ring (bicyclic) bond motifs is 3. The highest BCUT2D eigenvalue weighted by molar-refractivity contribution is 6.35. The van der Waals surface area contributed by atoms with Crippen LogP contribution in [0.25, 0.3) is 11.1 Å². The summed E-state index contributed by atoms with van der Waals surface area (Å²) in [5.41, 5.74) is 6.60. The van der Waals surface area contributed by atoms with Crippen molar-refractivity contribution in [3.63, 3.8) is 0 Å². The third-order valence-electron chi connectivity index (χ3n) is 6.69. The van der Waals surface area contributed by atoms with Crippen LogP contribution in [0.1, 0.15) is 39.5 Å². The molecule has 0 unspecified atom stereocenters. The first kappa shape index (κ1) is 22.8. The lowest BCUT2D eigenvalue weighted by molar-refractivity contribution is -0.00447. The van der Waals surface area contributed by atoms with Crippen LogP contribution in [-0.2, 0) is 0 Å². The molecule has 0 amide bonds. The fourth-order valence-electron chi connectivity index (χ4n) is 4.81. The number of hydrogen-bond acceptors (Lipinski definition) is 4. The minimum atomic E-state index is -0.938. The number of Topliss-reactive ketones (excluding diaryl/α,β-unsaturated/α-hetero) is 1. The molecular weight excluding hydrogens is 491 g/mol. The topological polar surface area (TPSA) is 41.9 Å². The maximum absolute atomic E-state index is 13.8. The van der Waals surface area contributed by atoms with E-state index in [0.29, 0.717) is 27.8 Å². The molecule has 6 heteroatoms. The number of aryl methyl sites for hydroxylation is 1. The Hall–Kier alpha value is -3.60. The van der Waals surface area contributed by atoms with Gasteiger partial charge in [0.2, 0.25) is 5.78 Å². The largest absolute Gasteiger partial charge is 0.459 e. The lowest BCUT2D eigenvalue weighted by Crippen LogP contribution is -2.46. The van der Waals surface area contributed by atoms with Crippen molar-refractivity contribution in [2.75, 3.05) is 0 Å². The first-order valence-corrected chi connectivity index (χ1v) is 12.5. The van der Waals surface area contributed by atoms with Crippen molar-refractivity contribution in [3.05, 3.63) is 123 Å². The molecule has 0 aromatic heterocycles. The summed E-state index contributed by atoms with van der Waals surface area (Å²) < 4.78 is 6.24. The van der Waals surface area contributed by atoms with Crippen LogP contribution in [0.3, 0.4) is 0 Å². The molecular formula is C30H22Cl2N2O2. The molecule has 36 heavy (non-hydrogen) atoms. The summed E-state index contributed by atoms with van der Waals surface area (Å²) in [6, 6.07) is 29.1. The second-order valence-corrected chi connectivity index (χ2v) is 9.94. The number of hydrazone groups is 1.